The molecule has 5 nitrogen and oxygen atoms in total. The molecule has 1 amide bonds. The summed E-state index contributed by atoms with van der Waals surface area (Å²) in [7, 11) is 0. The summed E-state index contributed by atoms with van der Waals surface area (Å²) >= 11 is 1.53. The van der Waals surface area contributed by atoms with Crippen molar-refractivity contribution >= 4 is 23.1 Å². The topological polar surface area (TPSA) is 67.5 Å². The minimum atomic E-state index is -0.154. The van der Waals surface area contributed by atoms with Gasteiger partial charge in [-0.3, -0.25) is 9.79 Å². The zero-order valence-electron chi connectivity index (χ0n) is 12.4. The van der Waals surface area contributed by atoms with Crippen LogP contribution in [0.25, 0.3) is 10.8 Å². The molecule has 114 valence electrons. The van der Waals surface area contributed by atoms with E-state index in [-0.39, 0.29) is 5.91 Å². The normalized spacial score (nSPS) is 12.8. The van der Waals surface area contributed by atoms with Crippen molar-refractivity contribution in [2.75, 3.05) is 0 Å². The highest BCUT2D eigenvalue weighted by Gasteiger charge is 2.23. The van der Waals surface area contributed by atoms with E-state index in [9.17, 15) is 4.79 Å². The minimum Gasteiger partial charge on any atom is -0.441 e. The monoisotopic (exact) mass is 323 g/mol. The van der Waals surface area contributed by atoms with Crippen LogP contribution in [0.4, 0.5) is 0 Å². The number of aryl methyl sites for hydroxylation is 1. The maximum absolute atomic E-state index is 12.3. The molecular weight excluding hydrogens is 310 g/mol. The second-order valence-corrected chi connectivity index (χ2v) is 6.28. The molecule has 0 radical (unpaired) electrons. The molecule has 0 aliphatic carbocycles. The SMILES string of the molecule is Cc1cnc(-c2cc3c(s2)C(NC(=O)c2ccccc2)=NC3)o1. The lowest BCUT2D eigenvalue weighted by Gasteiger charge is -2.04. The second kappa shape index (κ2) is 5.48. The van der Waals surface area contributed by atoms with Gasteiger partial charge in [0.2, 0.25) is 5.89 Å². The van der Waals surface area contributed by atoms with Crippen molar-refractivity contribution < 1.29 is 9.21 Å². The van der Waals surface area contributed by atoms with Crippen LogP contribution in [-0.4, -0.2) is 16.7 Å². The number of amides is 1. The Kier molecular flexibility index (Phi) is 3.31. The fourth-order valence-electron chi connectivity index (χ4n) is 2.42. The molecule has 0 atom stereocenters. The number of thiophene rings is 1. The molecule has 1 aliphatic rings. The van der Waals surface area contributed by atoms with Crippen LogP contribution in [0.1, 0.15) is 26.6 Å². The van der Waals surface area contributed by atoms with E-state index in [2.05, 4.69) is 15.3 Å². The summed E-state index contributed by atoms with van der Waals surface area (Å²) in [6.07, 6.45) is 1.70. The molecule has 0 saturated carbocycles. The number of hydrogen-bond donors (Lipinski definition) is 1. The van der Waals surface area contributed by atoms with E-state index >= 15 is 0 Å². The van der Waals surface area contributed by atoms with Crippen molar-refractivity contribution in [2.45, 2.75) is 13.5 Å². The Balaban J connectivity index is 1.58. The molecule has 0 saturated heterocycles. The van der Waals surface area contributed by atoms with E-state index in [1.807, 2.05) is 31.2 Å². The predicted molar refractivity (Wildman–Crippen MR) is 88.7 cm³/mol. The molecule has 0 unspecified atom stereocenters. The third-order valence-electron chi connectivity index (χ3n) is 3.53. The molecule has 1 aliphatic heterocycles. The smallest absolute Gasteiger partial charge is 0.256 e. The zero-order valence-corrected chi connectivity index (χ0v) is 13.2. The number of carbonyl (C=O) groups excluding carboxylic acids is 1. The average molecular weight is 323 g/mol. The van der Waals surface area contributed by atoms with Crippen molar-refractivity contribution in [3.8, 4) is 10.8 Å². The summed E-state index contributed by atoms with van der Waals surface area (Å²) in [4.78, 5) is 22.9. The van der Waals surface area contributed by atoms with Crippen molar-refractivity contribution in [2.24, 2.45) is 4.99 Å². The summed E-state index contributed by atoms with van der Waals surface area (Å²) < 4.78 is 5.56. The molecule has 4 rings (SSSR count). The Labute approximate surface area is 136 Å². The van der Waals surface area contributed by atoms with Crippen LogP contribution >= 0.6 is 11.3 Å². The van der Waals surface area contributed by atoms with Crippen LogP contribution in [-0.2, 0) is 6.54 Å². The van der Waals surface area contributed by atoms with Gasteiger partial charge in [0.15, 0.2) is 0 Å². The average Bonchev–Trinajstić information content (AvgIpc) is 3.25. The molecule has 23 heavy (non-hydrogen) atoms. The van der Waals surface area contributed by atoms with Crippen LogP contribution in [0.3, 0.4) is 0 Å². The van der Waals surface area contributed by atoms with Crippen LogP contribution in [0.15, 0.2) is 52.0 Å². The van der Waals surface area contributed by atoms with E-state index in [1.165, 1.54) is 11.3 Å². The summed E-state index contributed by atoms with van der Waals surface area (Å²) in [6, 6.07) is 11.1. The molecule has 1 aromatic carbocycles. The Hall–Kier alpha value is -2.73. The quantitative estimate of drug-likeness (QED) is 0.786. The summed E-state index contributed by atoms with van der Waals surface area (Å²) in [5, 5.41) is 2.89. The van der Waals surface area contributed by atoms with Crippen molar-refractivity contribution in [1.29, 1.82) is 0 Å². The second-order valence-electron chi connectivity index (χ2n) is 5.23. The van der Waals surface area contributed by atoms with E-state index in [4.69, 9.17) is 4.42 Å². The van der Waals surface area contributed by atoms with Gasteiger partial charge in [0.05, 0.1) is 22.5 Å². The minimum absolute atomic E-state index is 0.154. The third-order valence-corrected chi connectivity index (χ3v) is 4.70. The summed E-state index contributed by atoms with van der Waals surface area (Å²) in [5.74, 6) is 1.85. The highest BCUT2D eigenvalue weighted by Crippen LogP contribution is 2.34. The first-order valence-corrected chi connectivity index (χ1v) is 7.99. The molecule has 1 N–H and O–H groups in total. The number of rotatable bonds is 2. The Morgan fingerprint density at radius 3 is 2.87 bits per heavy atom. The van der Waals surface area contributed by atoms with Gasteiger partial charge >= 0.3 is 0 Å². The highest BCUT2D eigenvalue weighted by atomic mass is 32.1. The first-order valence-electron chi connectivity index (χ1n) is 7.17. The molecule has 0 bridgehead atoms. The number of hydrogen-bond acceptors (Lipinski definition) is 5. The molecule has 0 spiro atoms. The van der Waals surface area contributed by atoms with E-state index < -0.39 is 0 Å². The number of nitrogens with one attached hydrogen (secondary N) is 1. The predicted octanol–water partition coefficient (Wildman–Crippen LogP) is 3.40. The fourth-order valence-corrected chi connectivity index (χ4v) is 3.49. The van der Waals surface area contributed by atoms with Gasteiger partial charge in [-0.1, -0.05) is 18.2 Å². The molecule has 2 aromatic heterocycles. The first kappa shape index (κ1) is 13.9. The number of aromatic nitrogens is 1. The van der Waals surface area contributed by atoms with Crippen LogP contribution in [0.5, 0.6) is 0 Å². The molecular formula is C17H13N3O2S. The van der Waals surface area contributed by atoms with Gasteiger partial charge in [-0.15, -0.1) is 11.3 Å². The van der Waals surface area contributed by atoms with Gasteiger partial charge in [0.1, 0.15) is 11.6 Å². The van der Waals surface area contributed by atoms with Crippen LogP contribution in [0, 0.1) is 6.92 Å². The Bertz CT molecular complexity index is 909. The largest absolute Gasteiger partial charge is 0.441 e. The summed E-state index contributed by atoms with van der Waals surface area (Å²) in [5.41, 5.74) is 1.70. The molecule has 6 heteroatoms. The lowest BCUT2D eigenvalue weighted by Crippen LogP contribution is -2.29. The fraction of sp³-hybridized carbons (Fsp3) is 0.118. The summed E-state index contributed by atoms with van der Waals surface area (Å²) in [6.45, 7) is 2.43. The van der Waals surface area contributed by atoms with Gasteiger partial charge in [-0.05, 0) is 30.7 Å². The van der Waals surface area contributed by atoms with Crippen LogP contribution < -0.4 is 5.32 Å². The molecule has 3 aromatic rings. The maximum Gasteiger partial charge on any atom is 0.256 e. The van der Waals surface area contributed by atoms with Gasteiger partial charge in [-0.2, -0.15) is 0 Å². The van der Waals surface area contributed by atoms with Gasteiger partial charge in [-0.25, -0.2) is 4.98 Å². The van der Waals surface area contributed by atoms with Gasteiger partial charge in [0.25, 0.3) is 5.91 Å². The van der Waals surface area contributed by atoms with E-state index in [1.54, 1.807) is 18.3 Å². The first-order chi connectivity index (χ1) is 11.2. The maximum atomic E-state index is 12.3. The lowest BCUT2D eigenvalue weighted by atomic mass is 10.2. The number of oxazole rings is 1. The highest BCUT2D eigenvalue weighted by molar-refractivity contribution is 7.17. The van der Waals surface area contributed by atoms with Gasteiger partial charge < -0.3 is 9.73 Å². The number of nitrogens with zero attached hydrogens (tertiary/aromatic N) is 2. The Morgan fingerprint density at radius 2 is 2.13 bits per heavy atom. The number of amidine groups is 1. The van der Waals surface area contributed by atoms with Crippen molar-refractivity contribution in [3.05, 3.63) is 64.4 Å². The van der Waals surface area contributed by atoms with Gasteiger partial charge in [0, 0.05) is 5.56 Å². The van der Waals surface area contributed by atoms with E-state index in [0.717, 1.165) is 21.1 Å². The van der Waals surface area contributed by atoms with Crippen molar-refractivity contribution in [1.82, 2.24) is 10.3 Å². The Morgan fingerprint density at radius 1 is 1.30 bits per heavy atom. The van der Waals surface area contributed by atoms with Crippen molar-refractivity contribution in [3.63, 3.8) is 0 Å². The van der Waals surface area contributed by atoms with E-state index in [0.29, 0.717) is 23.8 Å². The zero-order chi connectivity index (χ0) is 15.8. The van der Waals surface area contributed by atoms with Crippen LogP contribution in [0.2, 0.25) is 0 Å². The number of aliphatic imine (C=N–C) groups is 1. The standard InChI is InChI=1S/C17H13N3O2S/c1-10-8-19-17(22-10)13-7-12-9-18-15(14(12)23-13)20-16(21)11-5-3-2-4-6-11/h2-8H,9H2,1H3,(H,18,20,21). The number of fused-ring (bicyclic) bond motifs is 1. The third kappa shape index (κ3) is 2.57. The number of benzene rings is 1. The lowest BCUT2D eigenvalue weighted by molar-refractivity contribution is 0.0977. The molecule has 3 heterocycles. The number of carbonyl (C=O) groups is 1. The molecule has 0 fully saturated rings.